The highest BCUT2D eigenvalue weighted by Crippen LogP contribution is 2.39. The van der Waals surface area contributed by atoms with Crippen molar-refractivity contribution in [1.82, 2.24) is 19.8 Å². The number of hydrogen-bond donors (Lipinski definition) is 1. The van der Waals surface area contributed by atoms with Gasteiger partial charge in [-0.05, 0) is 43.0 Å². The SMILES string of the molecule is O=C(COc1ccccc1)N1CCC(C2c3nc[nH]c3CCN2C(=O)c2ccccc2)CC1. The second-order valence-corrected chi connectivity index (χ2v) is 8.65. The molecule has 1 fully saturated rings. The second kappa shape index (κ2) is 9.48. The highest BCUT2D eigenvalue weighted by Gasteiger charge is 2.40. The number of H-pyrrole nitrogens is 1. The Kier molecular flexibility index (Phi) is 6.11. The van der Waals surface area contributed by atoms with Gasteiger partial charge in [0.25, 0.3) is 11.8 Å². The third-order valence-electron chi connectivity index (χ3n) is 6.70. The van der Waals surface area contributed by atoms with Crippen molar-refractivity contribution < 1.29 is 14.3 Å². The van der Waals surface area contributed by atoms with Crippen LogP contribution in [-0.4, -0.2) is 57.8 Å². The summed E-state index contributed by atoms with van der Waals surface area (Å²) in [6, 6.07) is 18.8. The summed E-state index contributed by atoms with van der Waals surface area (Å²) in [5.74, 6) is 0.991. The number of rotatable bonds is 5. The van der Waals surface area contributed by atoms with E-state index in [1.165, 1.54) is 0 Å². The fraction of sp³-hybridized carbons (Fsp3) is 0.346. The van der Waals surface area contributed by atoms with Gasteiger partial charge in [0, 0.05) is 37.3 Å². The number of fused-ring (bicyclic) bond motifs is 1. The molecule has 2 aliphatic heterocycles. The molecular weight excluding hydrogens is 416 g/mol. The summed E-state index contributed by atoms with van der Waals surface area (Å²) in [6.45, 7) is 2.02. The van der Waals surface area contributed by atoms with Crippen LogP contribution in [0.3, 0.4) is 0 Å². The number of hydrogen-bond acceptors (Lipinski definition) is 4. The Bertz CT molecular complexity index is 1090. The van der Waals surface area contributed by atoms with E-state index < -0.39 is 0 Å². The molecule has 1 N–H and O–H groups in total. The van der Waals surface area contributed by atoms with Crippen molar-refractivity contribution >= 4 is 11.8 Å². The monoisotopic (exact) mass is 444 g/mol. The number of imidazole rings is 1. The number of nitrogens with one attached hydrogen (secondary N) is 1. The van der Waals surface area contributed by atoms with Gasteiger partial charge in [-0.3, -0.25) is 9.59 Å². The Morgan fingerprint density at radius 1 is 0.970 bits per heavy atom. The Morgan fingerprint density at radius 3 is 2.39 bits per heavy atom. The van der Waals surface area contributed by atoms with E-state index in [-0.39, 0.29) is 30.4 Å². The molecule has 1 saturated heterocycles. The van der Waals surface area contributed by atoms with Gasteiger partial charge in [0.05, 0.1) is 18.1 Å². The van der Waals surface area contributed by atoms with Crippen molar-refractivity contribution in [3.05, 3.63) is 83.9 Å². The first-order valence-electron chi connectivity index (χ1n) is 11.5. The van der Waals surface area contributed by atoms with Crippen molar-refractivity contribution in [3.8, 4) is 5.75 Å². The minimum atomic E-state index is -0.0782. The number of amides is 2. The predicted molar refractivity (Wildman–Crippen MR) is 124 cm³/mol. The minimum absolute atomic E-state index is 0.00127. The second-order valence-electron chi connectivity index (χ2n) is 8.65. The topological polar surface area (TPSA) is 78.5 Å². The normalized spacial score (nSPS) is 18.6. The standard InChI is InChI=1S/C26H28N4O3/c31-23(17-33-21-9-5-2-6-10-21)29-14-11-19(12-15-29)25-24-22(27-18-28-24)13-16-30(25)26(32)20-7-3-1-4-8-20/h1-10,18-19,25H,11-17H2,(H,27,28). The predicted octanol–water partition coefficient (Wildman–Crippen LogP) is 3.47. The van der Waals surface area contributed by atoms with Gasteiger partial charge in [-0.2, -0.15) is 0 Å². The number of piperidine rings is 1. The summed E-state index contributed by atoms with van der Waals surface area (Å²) in [6.07, 6.45) is 4.16. The molecule has 2 aliphatic rings. The van der Waals surface area contributed by atoms with Crippen LogP contribution in [0, 0.1) is 5.92 Å². The van der Waals surface area contributed by atoms with Crippen LogP contribution in [-0.2, 0) is 11.2 Å². The van der Waals surface area contributed by atoms with Crippen molar-refractivity contribution in [1.29, 1.82) is 0 Å². The summed E-state index contributed by atoms with van der Waals surface area (Å²) in [5.41, 5.74) is 2.79. The lowest BCUT2D eigenvalue weighted by Crippen LogP contribution is -2.48. The molecule has 33 heavy (non-hydrogen) atoms. The van der Waals surface area contributed by atoms with Crippen LogP contribution in [0.5, 0.6) is 5.75 Å². The van der Waals surface area contributed by atoms with Gasteiger partial charge in [-0.25, -0.2) is 4.98 Å². The minimum Gasteiger partial charge on any atom is -0.484 e. The van der Waals surface area contributed by atoms with Crippen molar-refractivity contribution in [3.63, 3.8) is 0 Å². The summed E-state index contributed by atoms with van der Waals surface area (Å²) >= 11 is 0. The molecule has 170 valence electrons. The zero-order chi connectivity index (χ0) is 22.6. The summed E-state index contributed by atoms with van der Waals surface area (Å²) in [7, 11) is 0. The maximum atomic E-state index is 13.4. The fourth-order valence-electron chi connectivity index (χ4n) is 4.98. The molecular formula is C26H28N4O3. The van der Waals surface area contributed by atoms with E-state index in [1.807, 2.05) is 70.5 Å². The van der Waals surface area contributed by atoms with E-state index in [0.717, 1.165) is 30.7 Å². The summed E-state index contributed by atoms with van der Waals surface area (Å²) in [4.78, 5) is 37.8. The lowest BCUT2D eigenvalue weighted by atomic mass is 9.83. The largest absolute Gasteiger partial charge is 0.484 e. The van der Waals surface area contributed by atoms with Gasteiger partial charge in [0.1, 0.15) is 5.75 Å². The molecule has 5 rings (SSSR count). The number of aromatic amines is 1. The molecule has 2 amide bonds. The van der Waals surface area contributed by atoms with Crippen molar-refractivity contribution in [2.75, 3.05) is 26.2 Å². The van der Waals surface area contributed by atoms with Crippen LogP contribution in [0.4, 0.5) is 0 Å². The van der Waals surface area contributed by atoms with E-state index in [9.17, 15) is 9.59 Å². The number of carbonyl (C=O) groups excluding carboxylic acids is 2. The van der Waals surface area contributed by atoms with E-state index in [1.54, 1.807) is 6.33 Å². The summed E-state index contributed by atoms with van der Waals surface area (Å²) in [5, 5.41) is 0. The van der Waals surface area contributed by atoms with Crippen LogP contribution < -0.4 is 4.74 Å². The van der Waals surface area contributed by atoms with Crippen LogP contribution in [0.1, 0.15) is 40.6 Å². The fourth-order valence-corrected chi connectivity index (χ4v) is 4.98. The Morgan fingerprint density at radius 2 is 1.67 bits per heavy atom. The number of likely N-dealkylation sites (tertiary alicyclic amines) is 1. The van der Waals surface area contributed by atoms with Crippen LogP contribution in [0.15, 0.2) is 67.0 Å². The Balaban J connectivity index is 1.26. The highest BCUT2D eigenvalue weighted by atomic mass is 16.5. The number of benzene rings is 2. The van der Waals surface area contributed by atoms with Crippen molar-refractivity contribution in [2.24, 2.45) is 5.92 Å². The molecule has 0 bridgehead atoms. The van der Waals surface area contributed by atoms with Gasteiger partial charge in [0.2, 0.25) is 0 Å². The number of ether oxygens (including phenoxy) is 1. The zero-order valence-corrected chi connectivity index (χ0v) is 18.5. The van der Waals surface area contributed by atoms with E-state index >= 15 is 0 Å². The van der Waals surface area contributed by atoms with Crippen LogP contribution in [0.25, 0.3) is 0 Å². The number of aromatic nitrogens is 2. The van der Waals surface area contributed by atoms with Gasteiger partial charge in [-0.15, -0.1) is 0 Å². The number of nitrogens with zero attached hydrogens (tertiary/aromatic N) is 3. The summed E-state index contributed by atoms with van der Waals surface area (Å²) < 4.78 is 5.64. The van der Waals surface area contributed by atoms with Gasteiger partial charge >= 0.3 is 0 Å². The molecule has 1 atom stereocenters. The Labute approximate surface area is 193 Å². The van der Waals surface area contributed by atoms with Gasteiger partial charge < -0.3 is 19.5 Å². The average Bonchev–Trinajstić information content (AvgIpc) is 3.36. The first-order valence-corrected chi connectivity index (χ1v) is 11.5. The molecule has 0 saturated carbocycles. The molecule has 2 aromatic carbocycles. The van der Waals surface area contributed by atoms with Crippen LogP contribution >= 0.6 is 0 Å². The lowest BCUT2D eigenvalue weighted by Gasteiger charge is -2.43. The van der Waals surface area contributed by atoms with Gasteiger partial charge in [-0.1, -0.05) is 36.4 Å². The molecule has 3 heterocycles. The van der Waals surface area contributed by atoms with E-state index in [0.29, 0.717) is 30.9 Å². The third-order valence-corrected chi connectivity index (χ3v) is 6.70. The lowest BCUT2D eigenvalue weighted by molar-refractivity contribution is -0.135. The van der Waals surface area contributed by atoms with Gasteiger partial charge in [0.15, 0.2) is 6.61 Å². The molecule has 3 aromatic rings. The third kappa shape index (κ3) is 4.49. The molecule has 1 unspecified atom stereocenters. The molecule has 7 nitrogen and oxygen atoms in total. The maximum Gasteiger partial charge on any atom is 0.260 e. The number of carbonyl (C=O) groups is 2. The highest BCUT2D eigenvalue weighted by molar-refractivity contribution is 5.94. The Hall–Kier alpha value is -3.61. The van der Waals surface area contributed by atoms with Crippen molar-refractivity contribution in [2.45, 2.75) is 25.3 Å². The van der Waals surface area contributed by atoms with E-state index in [4.69, 9.17) is 4.74 Å². The zero-order valence-electron chi connectivity index (χ0n) is 18.5. The first-order chi connectivity index (χ1) is 16.2. The molecule has 0 aliphatic carbocycles. The molecule has 7 heteroatoms. The molecule has 0 spiro atoms. The smallest absolute Gasteiger partial charge is 0.260 e. The number of para-hydroxylation sites is 1. The van der Waals surface area contributed by atoms with Crippen LogP contribution in [0.2, 0.25) is 0 Å². The first kappa shape index (κ1) is 21.2. The van der Waals surface area contributed by atoms with E-state index in [2.05, 4.69) is 9.97 Å². The quantitative estimate of drug-likeness (QED) is 0.654. The molecule has 1 aromatic heterocycles. The average molecular weight is 445 g/mol. The maximum absolute atomic E-state index is 13.4. The molecule has 0 radical (unpaired) electrons.